The molecule has 100 valence electrons. The quantitative estimate of drug-likeness (QED) is 0.370. The van der Waals surface area contributed by atoms with Crippen LogP contribution < -0.4 is 0 Å². The normalized spacial score (nSPS) is 16.2. The van der Waals surface area contributed by atoms with E-state index in [2.05, 4.69) is 11.3 Å². The predicted molar refractivity (Wildman–Crippen MR) is 51.4 cm³/mol. The van der Waals surface area contributed by atoms with E-state index < -0.39 is 30.0 Å². The fourth-order valence-corrected chi connectivity index (χ4v) is 0.974. The molecule has 0 aliphatic heterocycles. The first kappa shape index (κ1) is 16.2. The van der Waals surface area contributed by atoms with Crippen molar-refractivity contribution >= 4 is 15.2 Å². The molecule has 0 amide bonds. The molecule has 0 radical (unpaired) electrons. The molecule has 0 heterocycles. The van der Waals surface area contributed by atoms with Gasteiger partial charge in [-0.15, -0.1) is 0 Å². The van der Waals surface area contributed by atoms with Gasteiger partial charge in [0.15, 0.2) is 5.85 Å². The van der Waals surface area contributed by atoms with Crippen LogP contribution in [0.3, 0.4) is 0 Å². The van der Waals surface area contributed by atoms with E-state index in [1.165, 1.54) is 9.24 Å². The number of hydrogen-bond acceptors (Lipinski definition) is 3. The minimum atomic E-state index is -5.52. The van der Waals surface area contributed by atoms with Crippen LogP contribution in [0.2, 0.25) is 0 Å². The minimum Gasteiger partial charge on any atom is -0.448 e. The summed E-state index contributed by atoms with van der Waals surface area (Å²) in [6.07, 6.45) is -9.44. The Morgan fingerprint density at radius 2 is 1.76 bits per heavy atom. The molecule has 0 saturated carbocycles. The van der Waals surface area contributed by atoms with Gasteiger partial charge in [-0.05, 0) is 6.92 Å². The maximum Gasteiger partial charge on any atom is 0.420 e. The lowest BCUT2D eigenvalue weighted by Crippen LogP contribution is -2.51. The standard InChI is InChI=1S/C8H10F5O3P/c1-3(2)4(14)16-6(17)7(9,10)5(15)8(11,12)13/h5-6,15H,1,17H2,2H3. The fraction of sp³-hybridized carbons (Fsp3) is 0.625. The van der Waals surface area contributed by atoms with Crippen LogP contribution in [0.25, 0.3) is 0 Å². The summed E-state index contributed by atoms with van der Waals surface area (Å²) in [5.41, 5.74) is -0.255. The highest BCUT2D eigenvalue weighted by Crippen LogP contribution is 2.38. The lowest BCUT2D eigenvalue weighted by atomic mass is 10.2. The van der Waals surface area contributed by atoms with Crippen LogP contribution in [0, 0.1) is 0 Å². The summed E-state index contributed by atoms with van der Waals surface area (Å²) in [6, 6.07) is 0. The third-order valence-electron chi connectivity index (χ3n) is 1.64. The summed E-state index contributed by atoms with van der Waals surface area (Å²) in [7, 11) is 1.23. The molecule has 3 unspecified atom stereocenters. The SMILES string of the molecule is C=C(C)C(=O)OC(P)C(F)(F)C(O)C(F)(F)F. The van der Waals surface area contributed by atoms with Crippen molar-refractivity contribution in [1.29, 1.82) is 0 Å². The molecular weight excluding hydrogens is 270 g/mol. The zero-order valence-electron chi connectivity index (χ0n) is 8.59. The van der Waals surface area contributed by atoms with Gasteiger partial charge in [-0.25, -0.2) is 4.79 Å². The van der Waals surface area contributed by atoms with Crippen LogP contribution in [-0.4, -0.2) is 35.1 Å². The van der Waals surface area contributed by atoms with E-state index >= 15 is 0 Å². The summed E-state index contributed by atoms with van der Waals surface area (Å²) >= 11 is 0. The third kappa shape index (κ3) is 4.20. The van der Waals surface area contributed by atoms with Crippen molar-refractivity contribution in [1.82, 2.24) is 0 Å². The van der Waals surface area contributed by atoms with Gasteiger partial charge < -0.3 is 9.84 Å². The molecule has 1 N–H and O–H groups in total. The smallest absolute Gasteiger partial charge is 0.420 e. The van der Waals surface area contributed by atoms with Crippen molar-refractivity contribution in [2.24, 2.45) is 0 Å². The average Bonchev–Trinajstić information content (AvgIpc) is 2.14. The lowest BCUT2D eigenvalue weighted by molar-refractivity contribution is -0.282. The Hall–Kier alpha value is -0.750. The van der Waals surface area contributed by atoms with Gasteiger partial charge in [0.1, 0.15) is 0 Å². The number of halogens is 5. The molecule has 0 bridgehead atoms. The largest absolute Gasteiger partial charge is 0.448 e. The number of aliphatic hydroxyl groups excluding tert-OH is 1. The van der Waals surface area contributed by atoms with Gasteiger partial charge in [-0.1, -0.05) is 15.8 Å². The highest BCUT2D eigenvalue weighted by Gasteiger charge is 2.59. The lowest BCUT2D eigenvalue weighted by Gasteiger charge is -2.28. The van der Waals surface area contributed by atoms with Gasteiger partial charge in [0.05, 0.1) is 0 Å². The van der Waals surface area contributed by atoms with Crippen LogP contribution in [-0.2, 0) is 9.53 Å². The van der Waals surface area contributed by atoms with Crippen LogP contribution in [0.15, 0.2) is 12.2 Å². The maximum atomic E-state index is 13.0. The van der Waals surface area contributed by atoms with E-state index in [0.29, 0.717) is 0 Å². The predicted octanol–water partition coefficient (Wildman–Crippen LogP) is 1.87. The number of carbonyl (C=O) groups excluding carboxylic acids is 1. The first-order valence-electron chi connectivity index (χ1n) is 4.15. The number of rotatable bonds is 4. The summed E-state index contributed by atoms with van der Waals surface area (Å²) in [5.74, 6) is -8.46. The van der Waals surface area contributed by atoms with Crippen molar-refractivity contribution in [3.63, 3.8) is 0 Å². The monoisotopic (exact) mass is 280 g/mol. The Balaban J connectivity index is 4.82. The molecule has 3 atom stereocenters. The van der Waals surface area contributed by atoms with Gasteiger partial charge in [-0.3, -0.25) is 0 Å². The molecule has 0 aliphatic carbocycles. The van der Waals surface area contributed by atoms with Gasteiger partial charge >= 0.3 is 18.1 Å². The molecule has 0 fully saturated rings. The number of esters is 1. The van der Waals surface area contributed by atoms with Gasteiger partial charge in [0.2, 0.25) is 6.10 Å². The van der Waals surface area contributed by atoms with E-state index in [-0.39, 0.29) is 5.57 Å². The maximum absolute atomic E-state index is 13.0. The van der Waals surface area contributed by atoms with Crippen molar-refractivity contribution in [3.05, 3.63) is 12.2 Å². The van der Waals surface area contributed by atoms with Gasteiger partial charge in [0.25, 0.3) is 0 Å². The van der Waals surface area contributed by atoms with Crippen molar-refractivity contribution in [2.45, 2.75) is 31.0 Å². The zero-order chi connectivity index (χ0) is 14.0. The summed E-state index contributed by atoms with van der Waals surface area (Å²) in [6.45, 7) is 4.21. The Kier molecular flexibility index (Phi) is 5.03. The minimum absolute atomic E-state index is 0.255. The second-order valence-electron chi connectivity index (χ2n) is 3.22. The summed E-state index contributed by atoms with van der Waals surface area (Å²) < 4.78 is 65.8. The molecule has 0 aromatic rings. The number of ether oxygens (including phenoxy) is 1. The van der Waals surface area contributed by atoms with Gasteiger partial charge in [0, 0.05) is 5.57 Å². The Bertz CT molecular complexity index is 315. The summed E-state index contributed by atoms with van der Waals surface area (Å²) in [5, 5.41) is 8.43. The first-order valence-corrected chi connectivity index (χ1v) is 4.82. The van der Waals surface area contributed by atoms with Crippen LogP contribution in [0.1, 0.15) is 6.92 Å². The van der Waals surface area contributed by atoms with Crippen LogP contribution in [0.5, 0.6) is 0 Å². The van der Waals surface area contributed by atoms with Gasteiger partial charge in [-0.2, -0.15) is 22.0 Å². The molecule has 17 heavy (non-hydrogen) atoms. The Morgan fingerprint density at radius 3 is 2.06 bits per heavy atom. The molecule has 9 heteroatoms. The summed E-state index contributed by atoms with van der Waals surface area (Å²) in [4.78, 5) is 10.8. The molecule has 0 aromatic heterocycles. The molecule has 0 rings (SSSR count). The van der Waals surface area contributed by atoms with Crippen molar-refractivity contribution in [3.8, 4) is 0 Å². The highest BCUT2D eigenvalue weighted by atomic mass is 31.0. The van der Waals surface area contributed by atoms with Crippen molar-refractivity contribution < 1.29 is 36.6 Å². The van der Waals surface area contributed by atoms with E-state index in [1.54, 1.807) is 0 Å². The van der Waals surface area contributed by atoms with Crippen molar-refractivity contribution in [2.75, 3.05) is 0 Å². The van der Waals surface area contributed by atoms with E-state index in [0.717, 1.165) is 6.92 Å². The topological polar surface area (TPSA) is 46.5 Å². The van der Waals surface area contributed by atoms with Crippen LogP contribution in [0.4, 0.5) is 22.0 Å². The number of alkyl halides is 5. The first-order chi connectivity index (χ1) is 7.40. The Morgan fingerprint density at radius 1 is 1.35 bits per heavy atom. The molecule has 0 aromatic carbocycles. The average molecular weight is 280 g/mol. The number of aliphatic hydroxyl groups is 1. The number of hydrogen-bond donors (Lipinski definition) is 1. The highest BCUT2D eigenvalue weighted by molar-refractivity contribution is 7.17. The third-order valence-corrected chi connectivity index (χ3v) is 2.22. The van der Waals surface area contributed by atoms with E-state index in [1.807, 2.05) is 0 Å². The Labute approximate surface area is 95.8 Å². The molecular formula is C8H10F5O3P. The fourth-order valence-electron chi connectivity index (χ4n) is 0.668. The molecule has 3 nitrogen and oxygen atoms in total. The second kappa shape index (κ2) is 5.27. The molecule has 0 aliphatic rings. The van der Waals surface area contributed by atoms with Crippen LogP contribution >= 0.6 is 9.24 Å². The van der Waals surface area contributed by atoms with E-state index in [4.69, 9.17) is 5.11 Å². The number of carbonyl (C=O) groups is 1. The zero-order valence-corrected chi connectivity index (χ0v) is 9.75. The van der Waals surface area contributed by atoms with E-state index in [9.17, 15) is 26.7 Å². The molecule has 0 saturated heterocycles. The molecule has 0 spiro atoms. The second-order valence-corrected chi connectivity index (χ2v) is 3.83.